The highest BCUT2D eigenvalue weighted by molar-refractivity contribution is 6.03. The van der Waals surface area contributed by atoms with Crippen LogP contribution >= 0.6 is 0 Å². The predicted octanol–water partition coefficient (Wildman–Crippen LogP) is 1.98. The number of aromatic nitrogens is 1. The summed E-state index contributed by atoms with van der Waals surface area (Å²) in [6.07, 6.45) is 0.175. The van der Waals surface area contributed by atoms with E-state index in [0.717, 1.165) is 11.4 Å². The molecule has 1 aliphatic rings. The zero-order valence-electron chi connectivity index (χ0n) is 12.9. The van der Waals surface area contributed by atoms with Crippen molar-refractivity contribution >= 4 is 23.3 Å². The van der Waals surface area contributed by atoms with Crippen LogP contribution in [-0.2, 0) is 9.59 Å². The maximum Gasteiger partial charge on any atom is 0.231 e. The van der Waals surface area contributed by atoms with Crippen LogP contribution in [-0.4, -0.2) is 30.6 Å². The molecular formula is C16H17N3O4. The quantitative estimate of drug-likeness (QED) is 0.932. The zero-order valence-corrected chi connectivity index (χ0v) is 12.9. The zero-order chi connectivity index (χ0) is 16.4. The van der Waals surface area contributed by atoms with E-state index in [0.29, 0.717) is 18.1 Å². The van der Waals surface area contributed by atoms with Gasteiger partial charge in [0, 0.05) is 24.7 Å². The van der Waals surface area contributed by atoms with E-state index in [-0.39, 0.29) is 18.2 Å². The lowest BCUT2D eigenvalue weighted by Gasteiger charge is -2.16. The average molecular weight is 315 g/mol. The number of carbonyl (C=O) groups excluding carboxylic acids is 2. The number of carbonyl (C=O) groups is 2. The molecular weight excluding hydrogens is 298 g/mol. The fourth-order valence-electron chi connectivity index (χ4n) is 2.55. The molecule has 1 atom stereocenters. The molecule has 2 heterocycles. The van der Waals surface area contributed by atoms with Gasteiger partial charge in [0.2, 0.25) is 11.8 Å². The van der Waals surface area contributed by atoms with E-state index in [9.17, 15) is 9.59 Å². The largest absolute Gasteiger partial charge is 0.497 e. The molecule has 0 saturated carbocycles. The van der Waals surface area contributed by atoms with Gasteiger partial charge in [-0.15, -0.1) is 0 Å². The first-order valence-corrected chi connectivity index (χ1v) is 7.25. The first kappa shape index (κ1) is 15.1. The van der Waals surface area contributed by atoms with Gasteiger partial charge in [-0.3, -0.25) is 9.59 Å². The van der Waals surface area contributed by atoms with Crippen LogP contribution in [0.4, 0.5) is 11.5 Å². The summed E-state index contributed by atoms with van der Waals surface area (Å²) in [6, 6.07) is 8.81. The third-order valence-corrected chi connectivity index (χ3v) is 3.76. The van der Waals surface area contributed by atoms with Crippen LogP contribution < -0.4 is 15.0 Å². The van der Waals surface area contributed by atoms with Gasteiger partial charge < -0.3 is 19.5 Å². The minimum Gasteiger partial charge on any atom is -0.497 e. The van der Waals surface area contributed by atoms with Gasteiger partial charge in [0.1, 0.15) is 11.5 Å². The van der Waals surface area contributed by atoms with Gasteiger partial charge in [-0.25, -0.2) is 0 Å². The molecule has 7 nitrogen and oxygen atoms in total. The van der Waals surface area contributed by atoms with E-state index in [2.05, 4.69) is 10.5 Å². The summed E-state index contributed by atoms with van der Waals surface area (Å²) in [6.45, 7) is 2.08. The second-order valence-corrected chi connectivity index (χ2v) is 5.42. The molecule has 0 aliphatic carbocycles. The van der Waals surface area contributed by atoms with Crippen molar-refractivity contribution in [1.82, 2.24) is 5.16 Å². The van der Waals surface area contributed by atoms with Gasteiger partial charge in [0.15, 0.2) is 5.82 Å². The average Bonchev–Trinajstić information content (AvgIpc) is 3.13. The number of aryl methyl sites for hydroxylation is 1. The number of anilines is 2. The number of ether oxygens (including phenoxy) is 1. The molecule has 0 unspecified atom stereocenters. The summed E-state index contributed by atoms with van der Waals surface area (Å²) < 4.78 is 10.0. The smallest absolute Gasteiger partial charge is 0.231 e. The Morgan fingerprint density at radius 1 is 1.39 bits per heavy atom. The predicted molar refractivity (Wildman–Crippen MR) is 83.3 cm³/mol. The van der Waals surface area contributed by atoms with Crippen LogP contribution in [0.5, 0.6) is 5.75 Å². The molecule has 2 amide bonds. The van der Waals surface area contributed by atoms with Crippen molar-refractivity contribution in [3.8, 4) is 5.75 Å². The highest BCUT2D eigenvalue weighted by Gasteiger charge is 2.35. The Morgan fingerprint density at radius 2 is 2.13 bits per heavy atom. The highest BCUT2D eigenvalue weighted by Crippen LogP contribution is 2.27. The summed E-state index contributed by atoms with van der Waals surface area (Å²) in [7, 11) is 1.59. The number of methoxy groups -OCH3 is 1. The molecule has 120 valence electrons. The fraction of sp³-hybridized carbons (Fsp3) is 0.312. The SMILES string of the molecule is COc1ccc(N2C[C@@H](C(=O)Nc3cc(C)on3)CC2=O)cc1. The first-order chi connectivity index (χ1) is 11.1. The molecule has 1 saturated heterocycles. The third-order valence-electron chi connectivity index (χ3n) is 3.76. The van der Waals surface area contributed by atoms with E-state index in [1.54, 1.807) is 49.3 Å². The van der Waals surface area contributed by atoms with Crippen molar-refractivity contribution in [3.05, 3.63) is 36.1 Å². The lowest BCUT2D eigenvalue weighted by Crippen LogP contribution is -2.28. The first-order valence-electron chi connectivity index (χ1n) is 7.25. The number of rotatable bonds is 4. The summed E-state index contributed by atoms with van der Waals surface area (Å²) in [4.78, 5) is 26.0. The number of nitrogens with one attached hydrogen (secondary N) is 1. The van der Waals surface area contributed by atoms with Crippen molar-refractivity contribution < 1.29 is 18.8 Å². The molecule has 1 aliphatic heterocycles. The molecule has 1 N–H and O–H groups in total. The molecule has 1 aromatic carbocycles. The van der Waals surface area contributed by atoms with E-state index in [1.807, 2.05) is 0 Å². The molecule has 0 bridgehead atoms. The maximum absolute atomic E-state index is 12.3. The Morgan fingerprint density at radius 3 is 2.74 bits per heavy atom. The summed E-state index contributed by atoms with van der Waals surface area (Å²) in [5.74, 6) is 0.970. The molecule has 23 heavy (non-hydrogen) atoms. The van der Waals surface area contributed by atoms with Crippen molar-refractivity contribution in [2.75, 3.05) is 23.9 Å². The number of hydrogen-bond acceptors (Lipinski definition) is 5. The van der Waals surface area contributed by atoms with Crippen molar-refractivity contribution in [2.24, 2.45) is 5.92 Å². The monoisotopic (exact) mass is 315 g/mol. The number of nitrogens with zero attached hydrogens (tertiary/aromatic N) is 2. The van der Waals surface area contributed by atoms with Gasteiger partial charge in [0.25, 0.3) is 0 Å². The lowest BCUT2D eigenvalue weighted by atomic mass is 10.1. The topological polar surface area (TPSA) is 84.7 Å². The second-order valence-electron chi connectivity index (χ2n) is 5.42. The number of hydrogen-bond donors (Lipinski definition) is 1. The summed E-state index contributed by atoms with van der Waals surface area (Å²) in [5.41, 5.74) is 0.753. The molecule has 1 aromatic heterocycles. The van der Waals surface area contributed by atoms with Crippen LogP contribution in [0.2, 0.25) is 0 Å². The Hall–Kier alpha value is -2.83. The standard InChI is InChI=1S/C16H17N3O4/c1-10-7-14(18-23-10)17-16(21)11-8-15(20)19(9-11)12-3-5-13(22-2)6-4-12/h3-7,11H,8-9H2,1-2H3,(H,17,18,21)/t11-/m0/s1. The van der Waals surface area contributed by atoms with E-state index >= 15 is 0 Å². The van der Waals surface area contributed by atoms with Crippen LogP contribution in [0.3, 0.4) is 0 Å². The molecule has 2 aromatic rings. The van der Waals surface area contributed by atoms with E-state index in [4.69, 9.17) is 9.26 Å². The highest BCUT2D eigenvalue weighted by atomic mass is 16.5. The van der Waals surface area contributed by atoms with Gasteiger partial charge in [0.05, 0.1) is 13.0 Å². The Kier molecular flexibility index (Phi) is 4.01. The van der Waals surface area contributed by atoms with E-state index < -0.39 is 5.92 Å². The molecule has 0 radical (unpaired) electrons. The van der Waals surface area contributed by atoms with Gasteiger partial charge >= 0.3 is 0 Å². The number of amides is 2. The Bertz CT molecular complexity index is 723. The summed E-state index contributed by atoms with van der Waals surface area (Å²) in [5, 5.41) is 6.40. The number of benzene rings is 1. The van der Waals surface area contributed by atoms with Crippen LogP contribution in [0.1, 0.15) is 12.2 Å². The van der Waals surface area contributed by atoms with Gasteiger partial charge in [-0.2, -0.15) is 0 Å². The Balaban J connectivity index is 1.67. The lowest BCUT2D eigenvalue weighted by molar-refractivity contribution is -0.122. The van der Waals surface area contributed by atoms with Crippen LogP contribution in [0.25, 0.3) is 0 Å². The van der Waals surface area contributed by atoms with Crippen molar-refractivity contribution in [3.63, 3.8) is 0 Å². The summed E-state index contributed by atoms with van der Waals surface area (Å²) >= 11 is 0. The third kappa shape index (κ3) is 3.18. The van der Waals surface area contributed by atoms with Crippen molar-refractivity contribution in [1.29, 1.82) is 0 Å². The van der Waals surface area contributed by atoms with E-state index in [1.165, 1.54) is 0 Å². The fourth-order valence-corrected chi connectivity index (χ4v) is 2.55. The normalized spacial score (nSPS) is 17.4. The molecule has 0 spiro atoms. The van der Waals surface area contributed by atoms with Gasteiger partial charge in [-0.05, 0) is 31.2 Å². The van der Waals surface area contributed by atoms with Gasteiger partial charge in [-0.1, -0.05) is 5.16 Å². The molecule has 3 rings (SSSR count). The molecule has 7 heteroatoms. The van der Waals surface area contributed by atoms with Crippen molar-refractivity contribution in [2.45, 2.75) is 13.3 Å². The maximum atomic E-state index is 12.3. The minimum atomic E-state index is -0.415. The Labute approximate surface area is 133 Å². The van der Waals surface area contributed by atoms with Crippen LogP contribution in [0.15, 0.2) is 34.9 Å². The van der Waals surface area contributed by atoms with Crippen LogP contribution in [0, 0.1) is 12.8 Å². The second kappa shape index (κ2) is 6.12. The minimum absolute atomic E-state index is 0.0772. The molecule has 1 fully saturated rings.